The Morgan fingerprint density at radius 1 is 1.11 bits per heavy atom. The molecular formula is C14H15N3O2. The first-order chi connectivity index (χ1) is 8.88. The predicted molar refractivity (Wildman–Crippen MR) is 72.8 cm³/mol. The Labute approximate surface area is 111 Å². The highest BCUT2D eigenvalue weighted by Crippen LogP contribution is 2.30. The van der Waals surface area contributed by atoms with Gasteiger partial charge in [-0.05, 0) is 23.1 Å². The number of non-ortho nitro benzene ring substituents is 1. The fraction of sp³-hybridized carbons (Fsp3) is 0.286. The van der Waals surface area contributed by atoms with Crippen LogP contribution in [-0.4, -0.2) is 14.9 Å². The summed E-state index contributed by atoms with van der Waals surface area (Å²) >= 11 is 0. The van der Waals surface area contributed by atoms with Gasteiger partial charge in [-0.2, -0.15) is 0 Å². The van der Waals surface area contributed by atoms with Crippen molar-refractivity contribution in [2.45, 2.75) is 26.2 Å². The van der Waals surface area contributed by atoms with E-state index in [1.54, 1.807) is 24.5 Å². The number of nitrogens with zero attached hydrogens (tertiary/aromatic N) is 3. The van der Waals surface area contributed by atoms with E-state index in [1.165, 1.54) is 6.07 Å². The van der Waals surface area contributed by atoms with Crippen LogP contribution in [0.1, 0.15) is 26.3 Å². The van der Waals surface area contributed by atoms with Gasteiger partial charge in [-0.3, -0.25) is 10.1 Å². The molecule has 0 atom stereocenters. The Hall–Kier alpha value is -2.30. The Morgan fingerprint density at radius 3 is 2.26 bits per heavy atom. The molecule has 0 aliphatic rings. The quantitative estimate of drug-likeness (QED) is 0.611. The standard InChI is InChI=1S/C14H15N3O2/c1-14(2,3)11-7-10(8-12(9-11)17(18)19)13-15-5-4-6-16-13/h4-9H,1-3H3. The highest BCUT2D eigenvalue weighted by molar-refractivity contribution is 5.61. The third-order valence-electron chi connectivity index (χ3n) is 2.82. The van der Waals surface area contributed by atoms with E-state index < -0.39 is 0 Å². The van der Waals surface area contributed by atoms with E-state index in [0.29, 0.717) is 11.4 Å². The van der Waals surface area contributed by atoms with Gasteiger partial charge in [-0.25, -0.2) is 9.97 Å². The van der Waals surface area contributed by atoms with Crippen LogP contribution in [0.3, 0.4) is 0 Å². The van der Waals surface area contributed by atoms with Gasteiger partial charge in [0.05, 0.1) is 4.92 Å². The minimum atomic E-state index is -0.387. The first kappa shape index (κ1) is 13.1. The summed E-state index contributed by atoms with van der Waals surface area (Å²) in [7, 11) is 0. The first-order valence-corrected chi connectivity index (χ1v) is 5.95. The number of aromatic nitrogens is 2. The molecule has 5 nitrogen and oxygen atoms in total. The lowest BCUT2D eigenvalue weighted by Gasteiger charge is -2.19. The highest BCUT2D eigenvalue weighted by Gasteiger charge is 2.20. The van der Waals surface area contributed by atoms with E-state index in [1.807, 2.05) is 26.8 Å². The van der Waals surface area contributed by atoms with Crippen LogP contribution in [0.2, 0.25) is 0 Å². The third-order valence-corrected chi connectivity index (χ3v) is 2.82. The van der Waals surface area contributed by atoms with Crippen LogP contribution in [0.5, 0.6) is 0 Å². The summed E-state index contributed by atoms with van der Waals surface area (Å²) in [6.07, 6.45) is 3.25. The van der Waals surface area contributed by atoms with Crippen LogP contribution in [0.4, 0.5) is 5.69 Å². The van der Waals surface area contributed by atoms with Crippen LogP contribution in [0, 0.1) is 10.1 Å². The molecule has 0 saturated carbocycles. The van der Waals surface area contributed by atoms with E-state index in [4.69, 9.17) is 0 Å². The average Bonchev–Trinajstić information content (AvgIpc) is 2.38. The lowest BCUT2D eigenvalue weighted by Crippen LogP contribution is -2.11. The van der Waals surface area contributed by atoms with Gasteiger partial charge in [0, 0.05) is 30.1 Å². The number of benzene rings is 1. The maximum atomic E-state index is 11.0. The van der Waals surface area contributed by atoms with E-state index in [-0.39, 0.29) is 16.0 Å². The molecule has 0 amide bonds. The second-order valence-electron chi connectivity index (χ2n) is 5.35. The van der Waals surface area contributed by atoms with Crippen LogP contribution >= 0.6 is 0 Å². The summed E-state index contributed by atoms with van der Waals surface area (Å²) in [5.74, 6) is 0.497. The number of hydrogen-bond acceptors (Lipinski definition) is 4. The van der Waals surface area contributed by atoms with Crippen molar-refractivity contribution in [3.05, 3.63) is 52.3 Å². The van der Waals surface area contributed by atoms with Crippen LogP contribution in [0.25, 0.3) is 11.4 Å². The monoisotopic (exact) mass is 257 g/mol. The molecule has 0 aliphatic carbocycles. The van der Waals surface area contributed by atoms with E-state index in [0.717, 1.165) is 5.56 Å². The van der Waals surface area contributed by atoms with Gasteiger partial charge in [0.15, 0.2) is 5.82 Å². The van der Waals surface area contributed by atoms with Gasteiger partial charge in [-0.15, -0.1) is 0 Å². The summed E-state index contributed by atoms with van der Waals surface area (Å²) in [5.41, 5.74) is 1.45. The largest absolute Gasteiger partial charge is 0.270 e. The number of rotatable bonds is 2. The van der Waals surface area contributed by atoms with Crippen molar-refractivity contribution < 1.29 is 4.92 Å². The van der Waals surface area contributed by atoms with Crippen molar-refractivity contribution in [3.63, 3.8) is 0 Å². The summed E-state index contributed by atoms with van der Waals surface area (Å²) in [6, 6.07) is 6.73. The topological polar surface area (TPSA) is 68.9 Å². The molecule has 0 aliphatic heterocycles. The van der Waals surface area contributed by atoms with Gasteiger partial charge in [-0.1, -0.05) is 20.8 Å². The lowest BCUT2D eigenvalue weighted by atomic mass is 9.85. The zero-order valence-corrected chi connectivity index (χ0v) is 11.1. The molecule has 0 radical (unpaired) electrons. The second-order valence-corrected chi connectivity index (χ2v) is 5.35. The zero-order valence-electron chi connectivity index (χ0n) is 11.1. The molecule has 0 unspecified atom stereocenters. The smallest absolute Gasteiger partial charge is 0.258 e. The van der Waals surface area contributed by atoms with E-state index >= 15 is 0 Å². The maximum absolute atomic E-state index is 11.0. The van der Waals surface area contributed by atoms with E-state index in [9.17, 15) is 10.1 Å². The number of nitro benzene ring substituents is 1. The SMILES string of the molecule is CC(C)(C)c1cc(-c2ncccn2)cc([N+](=O)[O-])c1. The molecule has 1 heterocycles. The van der Waals surface area contributed by atoms with Crippen molar-refractivity contribution in [3.8, 4) is 11.4 Å². The minimum absolute atomic E-state index is 0.0647. The first-order valence-electron chi connectivity index (χ1n) is 5.95. The third kappa shape index (κ3) is 2.93. The maximum Gasteiger partial charge on any atom is 0.270 e. The van der Waals surface area contributed by atoms with Crippen LogP contribution < -0.4 is 0 Å². The molecule has 98 valence electrons. The van der Waals surface area contributed by atoms with Gasteiger partial charge in [0.25, 0.3) is 5.69 Å². The summed E-state index contributed by atoms with van der Waals surface area (Å²) in [4.78, 5) is 18.9. The lowest BCUT2D eigenvalue weighted by molar-refractivity contribution is -0.384. The Balaban J connectivity index is 2.62. The molecule has 1 aromatic carbocycles. The zero-order chi connectivity index (χ0) is 14.0. The fourth-order valence-corrected chi connectivity index (χ4v) is 1.73. The highest BCUT2D eigenvalue weighted by atomic mass is 16.6. The van der Waals surface area contributed by atoms with Crippen LogP contribution in [0.15, 0.2) is 36.7 Å². The van der Waals surface area contributed by atoms with Crippen LogP contribution in [-0.2, 0) is 5.41 Å². The van der Waals surface area contributed by atoms with E-state index in [2.05, 4.69) is 9.97 Å². The second kappa shape index (κ2) is 4.76. The normalized spacial score (nSPS) is 11.3. The fourth-order valence-electron chi connectivity index (χ4n) is 1.73. The van der Waals surface area contributed by atoms with Gasteiger partial charge >= 0.3 is 0 Å². The van der Waals surface area contributed by atoms with Crippen molar-refractivity contribution in [2.24, 2.45) is 0 Å². The summed E-state index contributed by atoms with van der Waals surface area (Å²) in [6.45, 7) is 6.05. The molecule has 0 saturated heterocycles. The summed E-state index contributed by atoms with van der Waals surface area (Å²) < 4.78 is 0. The Morgan fingerprint density at radius 2 is 1.74 bits per heavy atom. The summed E-state index contributed by atoms with van der Waals surface area (Å²) in [5, 5.41) is 11.0. The number of hydrogen-bond donors (Lipinski definition) is 0. The average molecular weight is 257 g/mol. The van der Waals surface area contributed by atoms with Gasteiger partial charge in [0.2, 0.25) is 0 Å². The molecule has 0 N–H and O–H groups in total. The molecular weight excluding hydrogens is 242 g/mol. The van der Waals surface area contributed by atoms with Crippen molar-refractivity contribution in [1.82, 2.24) is 9.97 Å². The Bertz CT molecular complexity index is 604. The molecule has 19 heavy (non-hydrogen) atoms. The molecule has 0 bridgehead atoms. The molecule has 2 rings (SSSR count). The molecule has 0 spiro atoms. The molecule has 0 fully saturated rings. The van der Waals surface area contributed by atoms with Gasteiger partial charge < -0.3 is 0 Å². The predicted octanol–water partition coefficient (Wildman–Crippen LogP) is 3.35. The van der Waals surface area contributed by atoms with Gasteiger partial charge in [0.1, 0.15) is 0 Å². The number of nitro groups is 1. The molecule has 5 heteroatoms. The van der Waals surface area contributed by atoms with Crippen molar-refractivity contribution >= 4 is 5.69 Å². The molecule has 1 aromatic heterocycles. The van der Waals surface area contributed by atoms with Crippen molar-refractivity contribution in [1.29, 1.82) is 0 Å². The minimum Gasteiger partial charge on any atom is -0.258 e. The molecule has 2 aromatic rings. The van der Waals surface area contributed by atoms with Crippen molar-refractivity contribution in [2.75, 3.05) is 0 Å². The Kier molecular flexibility index (Phi) is 3.29.